The van der Waals surface area contributed by atoms with E-state index in [1.165, 1.54) is 19.6 Å². The number of rotatable bonds is 3. The molecule has 0 aromatic heterocycles. The molecule has 0 unspecified atom stereocenters. The molecule has 0 rings (SSSR count). The molecule has 0 saturated heterocycles. The van der Waals surface area contributed by atoms with Gasteiger partial charge in [-0.3, -0.25) is 0 Å². The van der Waals surface area contributed by atoms with E-state index in [1.807, 2.05) is 0 Å². The van der Waals surface area contributed by atoms with E-state index < -0.39 is 6.16 Å². The molecule has 69 valence electrons. The van der Waals surface area contributed by atoms with E-state index >= 15 is 0 Å². The van der Waals surface area contributed by atoms with E-state index in [2.05, 4.69) is 25.7 Å². The zero-order chi connectivity index (χ0) is 9.28. The van der Waals surface area contributed by atoms with Gasteiger partial charge in [0.2, 0.25) is 0 Å². The molecule has 0 atom stereocenters. The van der Waals surface area contributed by atoms with Crippen molar-refractivity contribution in [3.63, 3.8) is 0 Å². The predicted molar refractivity (Wildman–Crippen MR) is 49.9 cm³/mol. The Labute approximate surface area is 95.9 Å². The van der Waals surface area contributed by atoms with Crippen LogP contribution in [0.25, 0.3) is 0 Å². The Morgan fingerprint density at radius 3 is 1.25 bits per heavy atom. The van der Waals surface area contributed by atoms with Gasteiger partial charge in [-0.2, -0.15) is 0 Å². The maximum absolute atomic E-state index is 8.56. The maximum Gasteiger partial charge on any atom is 0.503 e. The average molecular weight is 186 g/mol. The zero-order valence-electron chi connectivity index (χ0n) is 8.37. The van der Waals surface area contributed by atoms with Crippen molar-refractivity contribution in [2.75, 3.05) is 19.6 Å². The van der Waals surface area contributed by atoms with Crippen molar-refractivity contribution >= 4 is 35.7 Å². The van der Waals surface area contributed by atoms with Gasteiger partial charge < -0.3 is 15.1 Å². The van der Waals surface area contributed by atoms with Crippen LogP contribution in [0.15, 0.2) is 0 Å². The summed E-state index contributed by atoms with van der Waals surface area (Å²) >= 11 is 0. The molecule has 0 aromatic carbocycles. The molecule has 0 aliphatic heterocycles. The second kappa shape index (κ2) is 13.8. The van der Waals surface area contributed by atoms with Gasteiger partial charge in [-0.15, -0.1) is 0 Å². The Morgan fingerprint density at radius 2 is 1.25 bits per heavy atom. The first kappa shape index (κ1) is 18.1. The van der Waals surface area contributed by atoms with E-state index in [9.17, 15) is 0 Å². The quantitative estimate of drug-likeness (QED) is 0.650. The number of hydrogen-bond acceptors (Lipinski definition) is 2. The molecule has 4 nitrogen and oxygen atoms in total. The van der Waals surface area contributed by atoms with Crippen molar-refractivity contribution in [1.29, 1.82) is 0 Å². The number of carboxylic acid groups (broad SMARTS) is 2. The van der Waals surface area contributed by atoms with Gasteiger partial charge in [0, 0.05) is 29.6 Å². The molecule has 0 aliphatic carbocycles. The van der Waals surface area contributed by atoms with Crippen molar-refractivity contribution < 1.29 is 15.0 Å². The molecule has 0 spiro atoms. The fourth-order valence-corrected chi connectivity index (χ4v) is 0.671. The smallest absolute Gasteiger partial charge is 0.450 e. The molecule has 12 heavy (non-hydrogen) atoms. The van der Waals surface area contributed by atoms with Crippen molar-refractivity contribution in [2.24, 2.45) is 0 Å². The second-order valence-corrected chi connectivity index (χ2v) is 1.90. The summed E-state index contributed by atoms with van der Waals surface area (Å²) in [5, 5.41) is 13.9. The molecular formula is C7H17NNaO3. The normalized spacial score (nSPS) is 8.00. The van der Waals surface area contributed by atoms with Gasteiger partial charge in [-0.25, -0.2) is 4.79 Å². The standard InChI is InChI=1S/C6H15N.CH2O3.Na/c1-4-7(5-2)6-3;2-1(3)4;/h4-6H2,1-3H3;(H2,2,3,4);. The van der Waals surface area contributed by atoms with Crippen molar-refractivity contribution in [3.8, 4) is 0 Å². The van der Waals surface area contributed by atoms with E-state index in [0.717, 1.165) is 0 Å². The van der Waals surface area contributed by atoms with Gasteiger partial charge in [0.25, 0.3) is 0 Å². The predicted octanol–water partition coefficient (Wildman–Crippen LogP) is 1.19. The molecule has 2 N–H and O–H groups in total. The molecule has 0 aromatic rings. The van der Waals surface area contributed by atoms with Crippen LogP contribution in [0.1, 0.15) is 20.8 Å². The van der Waals surface area contributed by atoms with E-state index in [0.29, 0.717) is 0 Å². The van der Waals surface area contributed by atoms with Gasteiger partial charge in [0.1, 0.15) is 0 Å². The third kappa shape index (κ3) is 22.5. The van der Waals surface area contributed by atoms with Gasteiger partial charge in [0.05, 0.1) is 0 Å². The van der Waals surface area contributed by atoms with Crippen LogP contribution >= 0.6 is 0 Å². The molecule has 5 heteroatoms. The third-order valence-electron chi connectivity index (χ3n) is 1.34. The van der Waals surface area contributed by atoms with Gasteiger partial charge >= 0.3 is 6.16 Å². The van der Waals surface area contributed by atoms with Gasteiger partial charge in [-0.05, 0) is 19.6 Å². The summed E-state index contributed by atoms with van der Waals surface area (Å²) in [5.41, 5.74) is 0. The van der Waals surface area contributed by atoms with Crippen molar-refractivity contribution in [3.05, 3.63) is 0 Å². The summed E-state index contributed by atoms with van der Waals surface area (Å²) in [6.07, 6.45) is -1.83. The van der Waals surface area contributed by atoms with Crippen molar-refractivity contribution in [2.45, 2.75) is 20.8 Å². The zero-order valence-corrected chi connectivity index (χ0v) is 10.4. The summed E-state index contributed by atoms with van der Waals surface area (Å²) in [4.78, 5) is 10.9. The van der Waals surface area contributed by atoms with Gasteiger partial charge in [-0.1, -0.05) is 20.8 Å². The minimum atomic E-state index is -1.83. The van der Waals surface area contributed by atoms with E-state index in [-0.39, 0.29) is 29.6 Å². The first-order valence-electron chi connectivity index (χ1n) is 3.72. The largest absolute Gasteiger partial charge is 0.503 e. The Balaban J connectivity index is -0.000000142. The van der Waals surface area contributed by atoms with Crippen LogP contribution in [0.2, 0.25) is 0 Å². The summed E-state index contributed by atoms with van der Waals surface area (Å²) < 4.78 is 0. The van der Waals surface area contributed by atoms with Crippen LogP contribution in [0.5, 0.6) is 0 Å². The van der Waals surface area contributed by atoms with Gasteiger partial charge in [0.15, 0.2) is 0 Å². The first-order valence-corrected chi connectivity index (χ1v) is 3.72. The van der Waals surface area contributed by atoms with E-state index in [4.69, 9.17) is 15.0 Å². The van der Waals surface area contributed by atoms with Crippen LogP contribution in [-0.2, 0) is 0 Å². The Kier molecular flexibility index (Phi) is 20.8. The number of nitrogens with zero attached hydrogens (tertiary/aromatic N) is 1. The van der Waals surface area contributed by atoms with Crippen LogP contribution in [0.3, 0.4) is 0 Å². The monoisotopic (exact) mass is 186 g/mol. The topological polar surface area (TPSA) is 60.8 Å². The summed E-state index contributed by atoms with van der Waals surface area (Å²) in [5.74, 6) is 0. The molecule has 0 amide bonds. The third-order valence-corrected chi connectivity index (χ3v) is 1.34. The van der Waals surface area contributed by atoms with Crippen molar-refractivity contribution in [1.82, 2.24) is 4.90 Å². The SMILES string of the molecule is CCN(CC)CC.O=C(O)O.[Na]. The molecular weight excluding hydrogens is 169 g/mol. The average Bonchev–Trinajstić information content (AvgIpc) is 1.90. The maximum atomic E-state index is 8.56. The fourth-order valence-electron chi connectivity index (χ4n) is 0.671. The summed E-state index contributed by atoms with van der Waals surface area (Å²) in [6.45, 7) is 10.1. The minimum Gasteiger partial charge on any atom is -0.450 e. The molecule has 1 radical (unpaired) electrons. The van der Waals surface area contributed by atoms with Crippen LogP contribution in [0.4, 0.5) is 4.79 Å². The molecule has 0 heterocycles. The van der Waals surface area contributed by atoms with Crippen LogP contribution in [0, 0.1) is 0 Å². The molecule has 0 bridgehead atoms. The number of carbonyl (C=O) groups is 1. The summed E-state index contributed by atoms with van der Waals surface area (Å²) in [6, 6.07) is 0. The van der Waals surface area contributed by atoms with Crippen LogP contribution in [-0.4, -0.2) is 70.5 Å². The second-order valence-electron chi connectivity index (χ2n) is 1.90. The Hall–Kier alpha value is 0.230. The molecule has 0 aliphatic rings. The molecule has 0 saturated carbocycles. The van der Waals surface area contributed by atoms with Crippen LogP contribution < -0.4 is 0 Å². The molecule has 0 fully saturated rings. The first-order chi connectivity index (χ1) is 5.08. The van der Waals surface area contributed by atoms with E-state index in [1.54, 1.807) is 0 Å². The fraction of sp³-hybridized carbons (Fsp3) is 0.857. The Morgan fingerprint density at radius 1 is 1.08 bits per heavy atom. The minimum absolute atomic E-state index is 0. The number of hydrogen-bond donors (Lipinski definition) is 2. The summed E-state index contributed by atoms with van der Waals surface area (Å²) in [7, 11) is 0. The Bertz CT molecular complexity index is 87.1.